The SMILES string of the molecule is CC(C)C[C@H](N)c1ccnc(Br)c1.Cl. The van der Waals surface area contributed by atoms with Crippen LogP contribution in [0.5, 0.6) is 0 Å². The van der Waals surface area contributed by atoms with Gasteiger partial charge in [-0.05, 0) is 46.0 Å². The van der Waals surface area contributed by atoms with E-state index in [9.17, 15) is 0 Å². The van der Waals surface area contributed by atoms with Crippen LogP contribution in [0.3, 0.4) is 0 Å². The summed E-state index contributed by atoms with van der Waals surface area (Å²) in [4.78, 5) is 4.06. The van der Waals surface area contributed by atoms with Gasteiger partial charge in [0.25, 0.3) is 0 Å². The van der Waals surface area contributed by atoms with Crippen molar-refractivity contribution in [3.8, 4) is 0 Å². The van der Waals surface area contributed by atoms with Crippen molar-refractivity contribution in [2.45, 2.75) is 26.3 Å². The van der Waals surface area contributed by atoms with Gasteiger partial charge in [-0.2, -0.15) is 0 Å². The van der Waals surface area contributed by atoms with Crippen LogP contribution >= 0.6 is 28.3 Å². The van der Waals surface area contributed by atoms with Crippen LogP contribution in [-0.2, 0) is 0 Å². The number of nitrogens with two attached hydrogens (primary N) is 1. The van der Waals surface area contributed by atoms with Crippen LogP contribution in [0.25, 0.3) is 0 Å². The molecular formula is C10H16BrClN2. The summed E-state index contributed by atoms with van der Waals surface area (Å²) >= 11 is 3.33. The van der Waals surface area contributed by atoms with E-state index < -0.39 is 0 Å². The van der Waals surface area contributed by atoms with Gasteiger partial charge in [0.2, 0.25) is 0 Å². The fourth-order valence-corrected chi connectivity index (χ4v) is 1.67. The van der Waals surface area contributed by atoms with Crippen molar-refractivity contribution in [2.24, 2.45) is 11.7 Å². The van der Waals surface area contributed by atoms with E-state index in [1.54, 1.807) is 6.20 Å². The Morgan fingerprint density at radius 3 is 2.64 bits per heavy atom. The number of rotatable bonds is 3. The lowest BCUT2D eigenvalue weighted by Crippen LogP contribution is -2.12. The second-order valence-corrected chi connectivity index (χ2v) is 4.46. The molecule has 0 aliphatic rings. The first-order chi connectivity index (χ1) is 6.09. The van der Waals surface area contributed by atoms with Crippen molar-refractivity contribution in [1.29, 1.82) is 0 Å². The fourth-order valence-electron chi connectivity index (χ4n) is 1.29. The van der Waals surface area contributed by atoms with E-state index in [-0.39, 0.29) is 18.4 Å². The van der Waals surface area contributed by atoms with Gasteiger partial charge in [0.05, 0.1) is 0 Å². The summed E-state index contributed by atoms with van der Waals surface area (Å²) in [6, 6.07) is 4.07. The van der Waals surface area contributed by atoms with E-state index in [1.807, 2.05) is 12.1 Å². The smallest absolute Gasteiger partial charge is 0.106 e. The minimum absolute atomic E-state index is 0. The summed E-state index contributed by atoms with van der Waals surface area (Å²) in [6.07, 6.45) is 2.79. The third-order valence-corrected chi connectivity index (χ3v) is 2.34. The molecule has 2 nitrogen and oxygen atoms in total. The van der Waals surface area contributed by atoms with Gasteiger partial charge >= 0.3 is 0 Å². The zero-order chi connectivity index (χ0) is 9.84. The predicted molar refractivity (Wildman–Crippen MR) is 65.6 cm³/mol. The lowest BCUT2D eigenvalue weighted by atomic mass is 9.99. The third kappa shape index (κ3) is 4.40. The summed E-state index contributed by atoms with van der Waals surface area (Å²) < 4.78 is 0.851. The summed E-state index contributed by atoms with van der Waals surface area (Å²) in [5, 5.41) is 0. The average molecular weight is 280 g/mol. The third-order valence-electron chi connectivity index (χ3n) is 1.90. The lowest BCUT2D eigenvalue weighted by molar-refractivity contribution is 0.509. The summed E-state index contributed by atoms with van der Waals surface area (Å²) in [5.74, 6) is 0.627. The van der Waals surface area contributed by atoms with Crippen LogP contribution < -0.4 is 5.73 Å². The Hall–Kier alpha value is -0.120. The topological polar surface area (TPSA) is 38.9 Å². The van der Waals surface area contributed by atoms with Gasteiger partial charge in [-0.1, -0.05) is 13.8 Å². The minimum Gasteiger partial charge on any atom is -0.324 e. The molecule has 0 fully saturated rings. The maximum absolute atomic E-state index is 6.02. The quantitative estimate of drug-likeness (QED) is 0.862. The Balaban J connectivity index is 0.00000169. The lowest BCUT2D eigenvalue weighted by Gasteiger charge is -2.14. The number of aromatic nitrogens is 1. The van der Waals surface area contributed by atoms with Gasteiger partial charge in [0.1, 0.15) is 4.60 Å². The van der Waals surface area contributed by atoms with Crippen LogP contribution in [0.15, 0.2) is 22.9 Å². The molecule has 14 heavy (non-hydrogen) atoms. The van der Waals surface area contributed by atoms with Crippen LogP contribution in [-0.4, -0.2) is 4.98 Å². The zero-order valence-corrected chi connectivity index (χ0v) is 10.8. The average Bonchev–Trinajstić information content (AvgIpc) is 2.03. The van der Waals surface area contributed by atoms with Crippen LogP contribution in [0.4, 0.5) is 0 Å². The van der Waals surface area contributed by atoms with Crippen molar-refractivity contribution < 1.29 is 0 Å². The highest BCUT2D eigenvalue weighted by molar-refractivity contribution is 9.10. The van der Waals surface area contributed by atoms with Crippen molar-refractivity contribution >= 4 is 28.3 Å². The maximum Gasteiger partial charge on any atom is 0.106 e. The van der Waals surface area contributed by atoms with Crippen molar-refractivity contribution in [1.82, 2.24) is 4.98 Å². The first-order valence-electron chi connectivity index (χ1n) is 4.46. The minimum atomic E-state index is 0. The Morgan fingerprint density at radius 1 is 1.50 bits per heavy atom. The number of pyridine rings is 1. The summed E-state index contributed by atoms with van der Waals surface area (Å²) in [6.45, 7) is 4.35. The van der Waals surface area contributed by atoms with Gasteiger partial charge in [-0.15, -0.1) is 12.4 Å². The molecule has 0 bridgehead atoms. The van der Waals surface area contributed by atoms with Crippen molar-refractivity contribution in [2.75, 3.05) is 0 Å². The normalized spacial score (nSPS) is 12.4. The molecule has 1 rings (SSSR count). The van der Waals surface area contributed by atoms with Gasteiger partial charge in [0, 0.05) is 12.2 Å². The second kappa shape index (κ2) is 6.38. The molecule has 4 heteroatoms. The number of hydrogen-bond donors (Lipinski definition) is 1. The van der Waals surface area contributed by atoms with E-state index in [1.165, 1.54) is 0 Å². The highest BCUT2D eigenvalue weighted by Gasteiger charge is 2.08. The highest BCUT2D eigenvalue weighted by atomic mass is 79.9. The molecule has 0 saturated carbocycles. The molecule has 80 valence electrons. The van der Waals surface area contributed by atoms with Gasteiger partial charge in [-0.3, -0.25) is 0 Å². The second-order valence-electron chi connectivity index (χ2n) is 3.65. The molecule has 0 aromatic carbocycles. The van der Waals surface area contributed by atoms with Crippen molar-refractivity contribution in [3.63, 3.8) is 0 Å². The molecule has 1 heterocycles. The van der Waals surface area contributed by atoms with Crippen LogP contribution in [0.2, 0.25) is 0 Å². The summed E-state index contributed by atoms with van der Waals surface area (Å²) in [7, 11) is 0. The molecule has 1 aromatic rings. The Morgan fingerprint density at radius 2 is 2.14 bits per heavy atom. The van der Waals surface area contributed by atoms with Gasteiger partial charge in [-0.25, -0.2) is 4.98 Å². The standard InChI is InChI=1S/C10H15BrN2.ClH/c1-7(2)5-9(12)8-3-4-13-10(11)6-8;/h3-4,6-7,9H,5,12H2,1-2H3;1H/t9-;/m0./s1. The molecule has 1 atom stereocenters. The van der Waals surface area contributed by atoms with Crippen molar-refractivity contribution in [3.05, 3.63) is 28.5 Å². The van der Waals surface area contributed by atoms with E-state index in [2.05, 4.69) is 34.8 Å². The van der Waals surface area contributed by atoms with Gasteiger partial charge in [0.15, 0.2) is 0 Å². The Labute approximate surface area is 99.8 Å². The molecular weight excluding hydrogens is 263 g/mol. The van der Waals surface area contributed by atoms with E-state index in [0.717, 1.165) is 16.6 Å². The van der Waals surface area contributed by atoms with Gasteiger partial charge < -0.3 is 5.73 Å². The monoisotopic (exact) mass is 278 g/mol. The fraction of sp³-hybridized carbons (Fsp3) is 0.500. The molecule has 1 aromatic heterocycles. The molecule has 0 spiro atoms. The first-order valence-corrected chi connectivity index (χ1v) is 5.26. The first kappa shape index (κ1) is 13.9. The number of hydrogen-bond acceptors (Lipinski definition) is 2. The molecule has 0 aliphatic carbocycles. The molecule has 2 N–H and O–H groups in total. The zero-order valence-electron chi connectivity index (χ0n) is 8.40. The van der Waals surface area contributed by atoms with E-state index in [4.69, 9.17) is 5.73 Å². The van der Waals surface area contributed by atoms with Crippen LogP contribution in [0, 0.1) is 5.92 Å². The molecule has 0 radical (unpaired) electrons. The van der Waals surface area contributed by atoms with Crippen LogP contribution in [0.1, 0.15) is 31.9 Å². The maximum atomic E-state index is 6.02. The largest absolute Gasteiger partial charge is 0.324 e. The summed E-state index contributed by atoms with van der Waals surface area (Å²) in [5.41, 5.74) is 7.16. The Bertz CT molecular complexity index is 279. The molecule has 0 unspecified atom stereocenters. The molecule has 0 saturated heterocycles. The Kier molecular flexibility index (Phi) is 6.33. The van der Waals surface area contributed by atoms with E-state index >= 15 is 0 Å². The number of nitrogens with zero attached hydrogens (tertiary/aromatic N) is 1. The van der Waals surface area contributed by atoms with E-state index in [0.29, 0.717) is 5.92 Å². The predicted octanol–water partition coefficient (Wildman–Crippen LogP) is 3.31. The molecule has 0 amide bonds. The number of halogens is 2. The highest BCUT2D eigenvalue weighted by Crippen LogP contribution is 2.20. The molecule has 0 aliphatic heterocycles.